The number of aromatic amines is 2. The third kappa shape index (κ3) is 4.10. The smallest absolute Gasteiger partial charge is 0.287 e. The summed E-state index contributed by atoms with van der Waals surface area (Å²) in [6, 6.07) is 7.70. The third-order valence-electron chi connectivity index (χ3n) is 3.93. The maximum atomic E-state index is 12.0. The van der Waals surface area contributed by atoms with Gasteiger partial charge in [-0.25, -0.2) is 0 Å². The fraction of sp³-hybridized carbons (Fsp3) is 0. The molecule has 9 heteroatoms. The van der Waals surface area contributed by atoms with Gasteiger partial charge < -0.3 is 21.1 Å². The van der Waals surface area contributed by atoms with Gasteiger partial charge in [-0.15, -0.1) is 0 Å². The number of hydrogen-bond donors (Lipinski definition) is 6. The first-order valence-electron chi connectivity index (χ1n) is 8.18. The van der Waals surface area contributed by atoms with Crippen LogP contribution in [0.4, 0.5) is 0 Å². The minimum Gasteiger partial charge on any atom is -0.287 e. The van der Waals surface area contributed by atoms with Crippen molar-refractivity contribution >= 4 is 28.3 Å². The van der Waals surface area contributed by atoms with Gasteiger partial charge in [0.05, 0.1) is 0 Å². The van der Waals surface area contributed by atoms with E-state index in [1.54, 1.807) is 6.08 Å². The van der Waals surface area contributed by atoms with Crippen LogP contribution in [-0.2, 0) is 22.6 Å². The minimum absolute atomic E-state index is 0.312. The molecular weight excluding hydrogens is 414 g/mol. The summed E-state index contributed by atoms with van der Waals surface area (Å²) in [5.74, 6) is -2.02. The van der Waals surface area contributed by atoms with Gasteiger partial charge in [0.25, 0.3) is 0 Å². The number of ketones is 1. The van der Waals surface area contributed by atoms with E-state index >= 15 is 0 Å². The van der Waals surface area contributed by atoms with Crippen LogP contribution >= 0.6 is 0 Å². The van der Waals surface area contributed by atoms with Crippen molar-refractivity contribution in [3.8, 4) is 0 Å². The van der Waals surface area contributed by atoms with Gasteiger partial charge >= 0.3 is 119 Å². The quantitative estimate of drug-likeness (QED) is 0.229. The summed E-state index contributed by atoms with van der Waals surface area (Å²) in [6.07, 6.45) is 5.14. The molecule has 0 unspecified atom stereocenters. The van der Waals surface area contributed by atoms with Gasteiger partial charge in [0.1, 0.15) is 12.0 Å². The zero-order valence-electron chi connectivity index (χ0n) is 14.7. The van der Waals surface area contributed by atoms with E-state index in [4.69, 9.17) is 10.8 Å². The van der Waals surface area contributed by atoms with Crippen LogP contribution in [0.5, 0.6) is 0 Å². The molecule has 7 N–H and O–H groups in total. The predicted molar refractivity (Wildman–Crippen MR) is 102 cm³/mol. The second-order valence-electron chi connectivity index (χ2n) is 5.90. The van der Waals surface area contributed by atoms with E-state index in [1.807, 2.05) is 30.3 Å². The normalized spacial score (nSPS) is 16.9. The van der Waals surface area contributed by atoms with E-state index in [2.05, 4.69) is 19.6 Å². The molecule has 0 bridgehead atoms. The topological polar surface area (TPSA) is 148 Å². The Morgan fingerprint density at radius 2 is 1.75 bits per heavy atom. The third-order valence-corrected chi connectivity index (χ3v) is 4.85. The first kappa shape index (κ1) is 19.3. The fourth-order valence-electron chi connectivity index (χ4n) is 2.54. The fourth-order valence-corrected chi connectivity index (χ4v) is 3.04. The number of carbonyl (C=O) groups excluding carboxylic acids is 1. The Balaban J connectivity index is 1.90. The van der Waals surface area contributed by atoms with Gasteiger partial charge in [-0.05, 0) is 0 Å². The molecule has 2 aromatic rings. The van der Waals surface area contributed by atoms with Crippen LogP contribution < -0.4 is 16.4 Å². The van der Waals surface area contributed by atoms with Crippen molar-refractivity contribution in [2.75, 3.05) is 0 Å². The number of aromatic nitrogens is 2. The molecule has 3 rings (SSSR count). The molecule has 0 aliphatic carbocycles. The van der Waals surface area contributed by atoms with Crippen molar-refractivity contribution in [2.24, 2.45) is 10.7 Å². The SMILES string of the molecule is N/C(C(O)=CO)=C(/O)C1=NC(C=c2ccc(=Cc3ccc([CH]=[Zn])[nH]3)[nH]2)=CC1=O. The number of hydrogen-bond acceptors (Lipinski definition) is 6. The van der Waals surface area contributed by atoms with Crippen LogP contribution in [0, 0.1) is 0 Å². The van der Waals surface area contributed by atoms with Crippen LogP contribution in [-0.4, -0.2) is 41.4 Å². The Kier molecular flexibility index (Phi) is 5.56. The molecule has 8 nitrogen and oxygen atoms in total. The number of nitrogens with two attached hydrogens (primary N) is 1. The summed E-state index contributed by atoms with van der Waals surface area (Å²) in [5.41, 5.74) is 6.97. The molecule has 2 aromatic heterocycles. The van der Waals surface area contributed by atoms with E-state index in [0.29, 0.717) is 17.3 Å². The van der Waals surface area contributed by atoms with Gasteiger partial charge in [0, 0.05) is 0 Å². The van der Waals surface area contributed by atoms with Crippen molar-refractivity contribution in [1.29, 1.82) is 0 Å². The number of allylic oxidation sites excluding steroid dienone is 3. The Morgan fingerprint density at radius 3 is 2.39 bits per heavy atom. The van der Waals surface area contributed by atoms with Crippen molar-refractivity contribution in [3.63, 3.8) is 0 Å². The molecule has 0 radical (unpaired) electrons. The molecule has 28 heavy (non-hydrogen) atoms. The van der Waals surface area contributed by atoms with E-state index in [-0.39, 0.29) is 5.71 Å². The summed E-state index contributed by atoms with van der Waals surface area (Å²) < 4.78 is 2.09. The first-order valence-corrected chi connectivity index (χ1v) is 9.90. The molecule has 0 aromatic carbocycles. The van der Waals surface area contributed by atoms with Gasteiger partial charge in [-0.2, -0.15) is 0 Å². The predicted octanol–water partition coefficient (Wildman–Crippen LogP) is 0.243. The second-order valence-corrected chi connectivity index (χ2v) is 6.76. The minimum atomic E-state index is -0.759. The van der Waals surface area contributed by atoms with Crippen molar-refractivity contribution in [2.45, 2.75) is 0 Å². The summed E-state index contributed by atoms with van der Waals surface area (Å²) in [7, 11) is 0. The van der Waals surface area contributed by atoms with Crippen molar-refractivity contribution < 1.29 is 38.0 Å². The maximum absolute atomic E-state index is 12.0. The Labute approximate surface area is 168 Å². The molecule has 1 aliphatic rings. The molecule has 0 fully saturated rings. The molecule has 138 valence electrons. The van der Waals surface area contributed by atoms with Crippen LogP contribution in [0.2, 0.25) is 0 Å². The van der Waals surface area contributed by atoms with Crippen molar-refractivity contribution in [1.82, 2.24) is 9.97 Å². The molecule has 1 aliphatic heterocycles. The van der Waals surface area contributed by atoms with E-state index in [1.165, 1.54) is 6.08 Å². The van der Waals surface area contributed by atoms with E-state index in [9.17, 15) is 15.0 Å². The summed E-state index contributed by atoms with van der Waals surface area (Å²) >= 11 is 1.07. The summed E-state index contributed by atoms with van der Waals surface area (Å²) in [4.78, 5) is 22.5. The summed E-state index contributed by atoms with van der Waals surface area (Å²) in [5, 5.41) is 29.7. The van der Waals surface area contributed by atoms with Crippen molar-refractivity contribution in [3.05, 3.63) is 81.6 Å². The number of H-pyrrole nitrogens is 2. The number of aliphatic hydroxyl groups excluding tert-OH is 3. The molecule has 0 saturated carbocycles. The average molecular weight is 430 g/mol. The van der Waals surface area contributed by atoms with Crippen LogP contribution in [0.25, 0.3) is 12.2 Å². The van der Waals surface area contributed by atoms with E-state index < -0.39 is 23.0 Å². The van der Waals surface area contributed by atoms with Crippen LogP contribution in [0.15, 0.2) is 64.5 Å². The molecule has 0 amide bonds. The Hall–Kier alpha value is -3.45. The van der Waals surface area contributed by atoms with E-state index in [0.717, 1.165) is 34.6 Å². The van der Waals surface area contributed by atoms with Crippen LogP contribution in [0.1, 0.15) is 11.4 Å². The Bertz CT molecular complexity index is 1190. The zero-order valence-corrected chi connectivity index (χ0v) is 17.6. The monoisotopic (exact) mass is 428 g/mol. The molecule has 0 spiro atoms. The molecule has 0 saturated heterocycles. The van der Waals surface area contributed by atoms with Gasteiger partial charge in [-0.3, -0.25) is 4.79 Å². The second kappa shape index (κ2) is 8.06. The number of carbonyl (C=O) groups is 1. The zero-order chi connectivity index (χ0) is 20.3. The molecular formula is C19H16N4O4Zn. The Morgan fingerprint density at radius 1 is 1.07 bits per heavy atom. The van der Waals surface area contributed by atoms with Gasteiger partial charge in [0.15, 0.2) is 11.5 Å². The average Bonchev–Trinajstić information content (AvgIpc) is 3.41. The van der Waals surface area contributed by atoms with Gasteiger partial charge in [0.2, 0.25) is 0 Å². The summed E-state index contributed by atoms with van der Waals surface area (Å²) in [6.45, 7) is 0. The standard InChI is InChI=1S/C19H16N4O4.Zn/c1-10-2-3-11(21-10)6-12-4-5-13(22-12)7-14-8-15(25)18(23-14)19(27)17(20)16(26)9-24;/h1-9,21-22,24,26-27H,20H2;/b12-6?,13-7?,16-9?,19-17+;. The first-order chi connectivity index (χ1) is 13.4. The number of rotatable bonds is 5. The van der Waals surface area contributed by atoms with Crippen LogP contribution in [0.3, 0.4) is 0 Å². The number of nitrogens with zero attached hydrogens (tertiary/aromatic N) is 1. The number of aliphatic imine (C=N–C) groups is 1. The van der Waals surface area contributed by atoms with Gasteiger partial charge in [-0.1, -0.05) is 0 Å². The molecule has 3 heterocycles. The number of aliphatic hydroxyl groups is 3. The number of nitrogens with one attached hydrogen (secondary N) is 2. The molecule has 0 atom stereocenters.